The molecule has 0 bridgehead atoms. The molecule has 0 spiro atoms. The number of likely N-dealkylation sites (tertiary alicyclic amines) is 1. The fourth-order valence-electron chi connectivity index (χ4n) is 3.54. The highest BCUT2D eigenvalue weighted by Gasteiger charge is 2.34. The van der Waals surface area contributed by atoms with Crippen molar-refractivity contribution in [2.75, 3.05) is 13.1 Å². The van der Waals surface area contributed by atoms with Gasteiger partial charge in [0.15, 0.2) is 0 Å². The normalized spacial score (nSPS) is 17.1. The summed E-state index contributed by atoms with van der Waals surface area (Å²) in [4.78, 5) is 14.3. The van der Waals surface area contributed by atoms with Crippen LogP contribution in [-0.4, -0.2) is 42.9 Å². The summed E-state index contributed by atoms with van der Waals surface area (Å²) in [6.45, 7) is 4.68. The molecule has 1 aromatic heterocycles. The van der Waals surface area contributed by atoms with Crippen LogP contribution in [0, 0.1) is 11.7 Å². The Bertz CT molecular complexity index is 905. The van der Waals surface area contributed by atoms with Gasteiger partial charge in [-0.25, -0.2) is 12.8 Å². The summed E-state index contributed by atoms with van der Waals surface area (Å²) >= 11 is 0. The molecule has 1 aliphatic heterocycles. The number of nitrogens with one attached hydrogen (secondary N) is 1. The maximum atomic E-state index is 14.0. The molecule has 0 unspecified atom stereocenters. The molecule has 1 saturated heterocycles. The van der Waals surface area contributed by atoms with Gasteiger partial charge in [0, 0.05) is 31.5 Å². The minimum atomic E-state index is -4.14. The Morgan fingerprint density at radius 1 is 1.11 bits per heavy atom. The number of benzene rings is 1. The maximum absolute atomic E-state index is 14.0. The molecule has 6 nitrogen and oxygen atoms in total. The summed E-state index contributed by atoms with van der Waals surface area (Å²) in [5.41, 5.74) is 0. The van der Waals surface area contributed by atoms with Crippen LogP contribution in [0.3, 0.4) is 0 Å². The number of amides is 1. The summed E-state index contributed by atoms with van der Waals surface area (Å²) in [5, 5.41) is 0. The molecule has 1 aliphatic rings. The van der Waals surface area contributed by atoms with E-state index in [0.717, 1.165) is 18.9 Å². The van der Waals surface area contributed by atoms with Gasteiger partial charge >= 0.3 is 0 Å². The molecular formula is C20H26FN3O3S. The molecule has 3 rings (SSSR count). The number of hydrogen-bond donors (Lipinski definition) is 1. The number of piperidine rings is 1. The van der Waals surface area contributed by atoms with E-state index in [9.17, 15) is 17.6 Å². The molecule has 2 aromatic rings. The summed E-state index contributed by atoms with van der Waals surface area (Å²) in [6, 6.07) is 8.52. The van der Waals surface area contributed by atoms with Crippen molar-refractivity contribution < 1.29 is 17.6 Å². The monoisotopic (exact) mass is 407 g/mol. The molecule has 1 fully saturated rings. The first-order valence-corrected chi connectivity index (χ1v) is 11.0. The Kier molecular flexibility index (Phi) is 6.20. The first-order valence-electron chi connectivity index (χ1n) is 9.47. The Morgan fingerprint density at radius 3 is 2.29 bits per heavy atom. The van der Waals surface area contributed by atoms with Gasteiger partial charge in [0.1, 0.15) is 16.8 Å². The van der Waals surface area contributed by atoms with Gasteiger partial charge in [-0.1, -0.05) is 26.0 Å². The van der Waals surface area contributed by atoms with Crippen molar-refractivity contribution in [2.24, 2.45) is 5.92 Å². The lowest BCUT2D eigenvalue weighted by Gasteiger charge is -2.35. The largest absolute Gasteiger partial charge is 0.351 e. The van der Waals surface area contributed by atoms with E-state index in [1.54, 1.807) is 18.7 Å². The third kappa shape index (κ3) is 4.44. The van der Waals surface area contributed by atoms with E-state index in [1.807, 2.05) is 24.5 Å². The third-order valence-electron chi connectivity index (χ3n) is 5.17. The molecule has 8 heteroatoms. The van der Waals surface area contributed by atoms with Gasteiger partial charge in [-0.2, -0.15) is 4.72 Å². The molecule has 0 aliphatic carbocycles. The van der Waals surface area contributed by atoms with Gasteiger partial charge in [-0.3, -0.25) is 4.79 Å². The van der Waals surface area contributed by atoms with E-state index >= 15 is 0 Å². The second kappa shape index (κ2) is 8.45. The molecule has 1 N–H and O–H groups in total. The minimum absolute atomic E-state index is 0.263. The van der Waals surface area contributed by atoms with Crippen molar-refractivity contribution in [3.8, 4) is 0 Å². The van der Waals surface area contributed by atoms with E-state index in [2.05, 4.69) is 9.29 Å². The molecular weight excluding hydrogens is 381 g/mol. The third-order valence-corrected chi connectivity index (χ3v) is 6.64. The van der Waals surface area contributed by atoms with Crippen LogP contribution in [0.2, 0.25) is 0 Å². The van der Waals surface area contributed by atoms with Gasteiger partial charge < -0.3 is 9.47 Å². The Morgan fingerprint density at radius 2 is 1.71 bits per heavy atom. The van der Waals surface area contributed by atoms with Crippen LogP contribution in [-0.2, 0) is 14.8 Å². The predicted octanol–water partition coefficient (Wildman–Crippen LogP) is 2.79. The van der Waals surface area contributed by atoms with Crippen molar-refractivity contribution in [2.45, 2.75) is 43.7 Å². The van der Waals surface area contributed by atoms with E-state index in [4.69, 9.17) is 0 Å². The molecule has 2 heterocycles. The van der Waals surface area contributed by atoms with E-state index in [-0.39, 0.29) is 11.8 Å². The zero-order valence-electron chi connectivity index (χ0n) is 16.1. The Balaban J connectivity index is 1.70. The number of nitrogens with zero attached hydrogens (tertiary/aromatic N) is 2. The predicted molar refractivity (Wildman–Crippen MR) is 105 cm³/mol. The quantitative estimate of drug-likeness (QED) is 0.800. The van der Waals surface area contributed by atoms with Crippen LogP contribution in [0.5, 0.6) is 0 Å². The number of rotatable bonds is 6. The molecule has 28 heavy (non-hydrogen) atoms. The van der Waals surface area contributed by atoms with Crippen molar-refractivity contribution in [1.29, 1.82) is 0 Å². The number of hydrogen-bond acceptors (Lipinski definition) is 3. The smallest absolute Gasteiger partial charge is 0.244 e. The van der Waals surface area contributed by atoms with Crippen LogP contribution in [0.4, 0.5) is 4.39 Å². The van der Waals surface area contributed by atoms with Crippen molar-refractivity contribution in [3.05, 3.63) is 54.6 Å². The first-order chi connectivity index (χ1) is 13.3. The lowest BCUT2D eigenvalue weighted by molar-refractivity contribution is -0.135. The highest BCUT2D eigenvalue weighted by Crippen LogP contribution is 2.24. The zero-order valence-corrected chi connectivity index (χ0v) is 16.9. The van der Waals surface area contributed by atoms with Gasteiger partial charge in [0.05, 0.1) is 0 Å². The van der Waals surface area contributed by atoms with Crippen molar-refractivity contribution >= 4 is 15.9 Å². The fourth-order valence-corrected chi connectivity index (χ4v) is 4.95. The van der Waals surface area contributed by atoms with E-state index in [0.29, 0.717) is 19.1 Å². The zero-order chi connectivity index (χ0) is 20.3. The number of aromatic nitrogens is 1. The summed E-state index contributed by atoms with van der Waals surface area (Å²) in [5.74, 6) is -1.37. The summed E-state index contributed by atoms with van der Waals surface area (Å²) in [6.07, 6.45) is 5.65. The van der Waals surface area contributed by atoms with Crippen LogP contribution < -0.4 is 4.72 Å². The number of halogens is 1. The number of carbonyl (C=O) groups is 1. The number of sulfonamides is 1. The highest BCUT2D eigenvalue weighted by atomic mass is 32.2. The maximum Gasteiger partial charge on any atom is 0.244 e. The topological polar surface area (TPSA) is 71.4 Å². The molecule has 1 atom stereocenters. The van der Waals surface area contributed by atoms with Crippen molar-refractivity contribution in [3.63, 3.8) is 0 Å². The van der Waals surface area contributed by atoms with E-state index in [1.165, 1.54) is 18.2 Å². The second-order valence-electron chi connectivity index (χ2n) is 7.46. The van der Waals surface area contributed by atoms with Crippen molar-refractivity contribution in [1.82, 2.24) is 14.2 Å². The second-order valence-corrected chi connectivity index (χ2v) is 9.14. The van der Waals surface area contributed by atoms with Gasteiger partial charge in [-0.05, 0) is 43.0 Å². The van der Waals surface area contributed by atoms with E-state index < -0.39 is 26.8 Å². The average molecular weight is 408 g/mol. The first kappa shape index (κ1) is 20.5. The Labute approximate surface area is 165 Å². The van der Waals surface area contributed by atoms with Crippen LogP contribution in [0.1, 0.15) is 32.7 Å². The lowest BCUT2D eigenvalue weighted by Crippen LogP contribution is -2.53. The fraction of sp³-hybridized carbons (Fsp3) is 0.450. The lowest BCUT2D eigenvalue weighted by atomic mass is 10.0. The van der Waals surface area contributed by atoms with Gasteiger partial charge in [0.2, 0.25) is 15.9 Å². The van der Waals surface area contributed by atoms with Crippen LogP contribution >= 0.6 is 0 Å². The minimum Gasteiger partial charge on any atom is -0.351 e. The number of carbonyl (C=O) groups excluding carboxylic acids is 1. The highest BCUT2D eigenvalue weighted by molar-refractivity contribution is 7.89. The molecule has 1 aromatic carbocycles. The van der Waals surface area contributed by atoms with Crippen LogP contribution in [0.15, 0.2) is 53.7 Å². The molecule has 0 radical (unpaired) electrons. The van der Waals surface area contributed by atoms with Gasteiger partial charge in [-0.15, -0.1) is 0 Å². The molecule has 1 amide bonds. The van der Waals surface area contributed by atoms with Crippen LogP contribution in [0.25, 0.3) is 0 Å². The Hall–Kier alpha value is -2.19. The summed E-state index contributed by atoms with van der Waals surface area (Å²) in [7, 11) is -4.14. The SMILES string of the molecule is CC(C)[C@H](NS(=O)(=O)c1ccccc1F)C(=O)N1CCC(n2cccc2)CC1. The standard InChI is InChI=1S/C20H26FN3O3S/c1-15(2)19(22-28(26,27)18-8-4-3-7-17(18)21)20(25)24-13-9-16(10-14-24)23-11-5-6-12-23/h3-8,11-12,15-16,19,22H,9-10,13-14H2,1-2H3/t19-/m0/s1. The average Bonchev–Trinajstić information content (AvgIpc) is 3.20. The van der Waals surface area contributed by atoms with Gasteiger partial charge in [0.25, 0.3) is 0 Å². The molecule has 0 saturated carbocycles. The molecule has 152 valence electrons. The summed E-state index contributed by atoms with van der Waals surface area (Å²) < 4.78 is 43.8.